The van der Waals surface area contributed by atoms with Crippen LogP contribution in [0, 0.1) is 0 Å². The van der Waals surface area contributed by atoms with Crippen molar-refractivity contribution in [2.75, 3.05) is 0 Å². The van der Waals surface area contributed by atoms with E-state index in [1.165, 1.54) is 0 Å². The molecule has 0 spiro atoms. The number of hydrogen-bond acceptors (Lipinski definition) is 1. The van der Waals surface area contributed by atoms with Gasteiger partial charge >= 0.3 is 0 Å². The molecule has 0 bridgehead atoms. The molecule has 64 valence electrons. The Morgan fingerprint density at radius 3 is 1.75 bits per heavy atom. The van der Waals surface area contributed by atoms with Crippen LogP contribution >= 0.6 is 0 Å². The highest BCUT2D eigenvalue weighted by Crippen LogP contribution is 2.07. The Morgan fingerprint density at radius 1 is 1.00 bits per heavy atom. The number of hydrogen-bond donors (Lipinski definition) is 0. The molecule has 0 aromatic heterocycles. The number of aliphatic imine (C=N–C) groups is 2. The molecule has 2 heteroatoms. The SMILES string of the molecule is C=NC(=NC(=C)C(=C)C)C(=C)C. The smallest absolute Gasteiger partial charge is 0.154 e. The molecular formula is C10H14N2. The minimum absolute atomic E-state index is 0.517. The van der Waals surface area contributed by atoms with Crippen molar-refractivity contribution in [2.45, 2.75) is 13.8 Å². The van der Waals surface area contributed by atoms with E-state index in [0.29, 0.717) is 11.5 Å². The molecule has 0 unspecified atom stereocenters. The maximum absolute atomic E-state index is 4.09. The summed E-state index contributed by atoms with van der Waals surface area (Å²) in [6.45, 7) is 18.2. The fraction of sp³-hybridized carbons (Fsp3) is 0.200. The zero-order valence-corrected chi connectivity index (χ0v) is 7.72. The highest BCUT2D eigenvalue weighted by atomic mass is 14.9. The number of allylic oxidation sites excluding steroid dienone is 1. The van der Waals surface area contributed by atoms with Crippen LogP contribution in [0.5, 0.6) is 0 Å². The van der Waals surface area contributed by atoms with Crippen molar-refractivity contribution in [3.8, 4) is 0 Å². The molecule has 0 aliphatic rings. The molecule has 0 saturated carbocycles. The molecule has 0 N–H and O–H groups in total. The van der Waals surface area contributed by atoms with Gasteiger partial charge in [-0.2, -0.15) is 0 Å². The van der Waals surface area contributed by atoms with Gasteiger partial charge in [-0.05, 0) is 31.7 Å². The Balaban J connectivity index is 4.72. The van der Waals surface area contributed by atoms with E-state index in [0.717, 1.165) is 11.1 Å². The summed E-state index contributed by atoms with van der Waals surface area (Å²) in [5.41, 5.74) is 2.20. The summed E-state index contributed by atoms with van der Waals surface area (Å²) in [5, 5.41) is 0. The normalized spacial score (nSPS) is 10.7. The van der Waals surface area contributed by atoms with Crippen molar-refractivity contribution >= 4 is 12.6 Å². The topological polar surface area (TPSA) is 24.7 Å². The molecular weight excluding hydrogens is 148 g/mol. The van der Waals surface area contributed by atoms with Gasteiger partial charge in [0.2, 0.25) is 0 Å². The van der Waals surface area contributed by atoms with Crippen LogP contribution < -0.4 is 0 Å². The highest BCUT2D eigenvalue weighted by molar-refractivity contribution is 6.00. The Morgan fingerprint density at radius 2 is 1.50 bits per heavy atom. The van der Waals surface area contributed by atoms with Crippen LogP contribution in [0.15, 0.2) is 46.6 Å². The quantitative estimate of drug-likeness (QED) is 0.346. The highest BCUT2D eigenvalue weighted by Gasteiger charge is 1.97. The molecule has 0 saturated heterocycles. The molecule has 0 amide bonds. The van der Waals surface area contributed by atoms with Gasteiger partial charge in [-0.3, -0.25) is 0 Å². The summed E-state index contributed by atoms with van der Waals surface area (Å²) in [6.07, 6.45) is 0. The third kappa shape index (κ3) is 3.10. The summed E-state index contributed by atoms with van der Waals surface area (Å²) in [6, 6.07) is 0. The fourth-order valence-corrected chi connectivity index (χ4v) is 0.489. The van der Waals surface area contributed by atoms with Crippen LogP contribution in [0.1, 0.15) is 13.8 Å². The molecule has 0 rings (SSSR count). The molecule has 0 aliphatic heterocycles. The number of amidine groups is 1. The van der Waals surface area contributed by atoms with E-state index in [4.69, 9.17) is 0 Å². The third-order valence-electron chi connectivity index (χ3n) is 1.26. The average molecular weight is 162 g/mol. The Labute approximate surface area is 73.7 Å². The van der Waals surface area contributed by atoms with E-state index in [1.807, 2.05) is 13.8 Å². The lowest BCUT2D eigenvalue weighted by Crippen LogP contribution is -1.94. The molecule has 0 radical (unpaired) electrons. The largest absolute Gasteiger partial charge is 0.245 e. The monoisotopic (exact) mass is 162 g/mol. The average Bonchev–Trinajstić information content (AvgIpc) is 1.98. The van der Waals surface area contributed by atoms with Gasteiger partial charge in [0.15, 0.2) is 5.84 Å². The number of nitrogens with zero attached hydrogens (tertiary/aromatic N) is 2. The van der Waals surface area contributed by atoms with Crippen LogP contribution in [0.2, 0.25) is 0 Å². The lowest BCUT2D eigenvalue weighted by Gasteiger charge is -2.00. The van der Waals surface area contributed by atoms with Gasteiger partial charge in [0, 0.05) is 0 Å². The van der Waals surface area contributed by atoms with Gasteiger partial charge in [0.1, 0.15) is 0 Å². The van der Waals surface area contributed by atoms with Crippen molar-refractivity contribution in [3.05, 3.63) is 36.6 Å². The Hall–Kier alpha value is -1.44. The van der Waals surface area contributed by atoms with Crippen LogP contribution in [-0.2, 0) is 0 Å². The number of rotatable bonds is 3. The fourth-order valence-electron chi connectivity index (χ4n) is 0.489. The van der Waals surface area contributed by atoms with Gasteiger partial charge in [-0.15, -0.1) is 0 Å². The molecule has 0 heterocycles. The van der Waals surface area contributed by atoms with Gasteiger partial charge in [-0.1, -0.05) is 19.7 Å². The first-order valence-electron chi connectivity index (χ1n) is 3.55. The second kappa shape index (κ2) is 4.44. The summed E-state index contributed by atoms with van der Waals surface area (Å²) < 4.78 is 0. The standard InChI is InChI=1S/C10H14N2/c1-7(2)9(5)12-10(11-6)8(3)4/h1,3,5-6H2,2,4H3. The zero-order valence-electron chi connectivity index (χ0n) is 7.72. The maximum atomic E-state index is 4.09. The van der Waals surface area contributed by atoms with E-state index in [-0.39, 0.29) is 0 Å². The van der Waals surface area contributed by atoms with Crippen LogP contribution in [-0.4, -0.2) is 12.6 Å². The summed E-state index contributed by atoms with van der Waals surface area (Å²) in [7, 11) is 0. The van der Waals surface area contributed by atoms with E-state index in [9.17, 15) is 0 Å². The minimum Gasteiger partial charge on any atom is -0.245 e. The first kappa shape index (κ1) is 10.6. The predicted octanol–water partition coefficient (Wildman–Crippen LogP) is 2.75. The molecule has 0 fully saturated rings. The van der Waals surface area contributed by atoms with Crippen molar-refractivity contribution < 1.29 is 0 Å². The Kier molecular flexibility index (Phi) is 3.91. The van der Waals surface area contributed by atoms with E-state index >= 15 is 0 Å². The van der Waals surface area contributed by atoms with E-state index < -0.39 is 0 Å². The van der Waals surface area contributed by atoms with Gasteiger partial charge in [0.05, 0.1) is 5.70 Å². The van der Waals surface area contributed by atoms with Gasteiger partial charge < -0.3 is 0 Å². The lowest BCUT2D eigenvalue weighted by molar-refractivity contribution is 1.29. The molecule has 0 aliphatic carbocycles. The lowest BCUT2D eigenvalue weighted by atomic mass is 10.2. The Bertz CT molecular complexity index is 270. The predicted molar refractivity (Wildman–Crippen MR) is 55.8 cm³/mol. The summed E-state index contributed by atoms with van der Waals surface area (Å²) >= 11 is 0. The van der Waals surface area contributed by atoms with Crippen LogP contribution in [0.25, 0.3) is 0 Å². The van der Waals surface area contributed by atoms with E-state index in [2.05, 4.69) is 36.4 Å². The summed E-state index contributed by atoms with van der Waals surface area (Å²) in [5.74, 6) is 0.517. The summed E-state index contributed by atoms with van der Waals surface area (Å²) in [4.78, 5) is 7.80. The van der Waals surface area contributed by atoms with Gasteiger partial charge in [0.25, 0.3) is 0 Å². The van der Waals surface area contributed by atoms with Crippen molar-refractivity contribution in [1.29, 1.82) is 0 Å². The third-order valence-corrected chi connectivity index (χ3v) is 1.26. The maximum Gasteiger partial charge on any atom is 0.154 e. The van der Waals surface area contributed by atoms with Crippen LogP contribution in [0.3, 0.4) is 0 Å². The van der Waals surface area contributed by atoms with Gasteiger partial charge in [-0.25, -0.2) is 9.98 Å². The minimum atomic E-state index is 0.517. The van der Waals surface area contributed by atoms with Crippen molar-refractivity contribution in [3.63, 3.8) is 0 Å². The second-order valence-electron chi connectivity index (χ2n) is 2.60. The van der Waals surface area contributed by atoms with E-state index in [1.54, 1.807) is 0 Å². The van der Waals surface area contributed by atoms with Crippen molar-refractivity contribution in [1.82, 2.24) is 0 Å². The molecule has 0 aromatic rings. The van der Waals surface area contributed by atoms with Crippen molar-refractivity contribution in [2.24, 2.45) is 9.98 Å². The molecule has 0 atom stereocenters. The molecule has 0 aromatic carbocycles. The zero-order chi connectivity index (χ0) is 9.72. The first-order chi connectivity index (χ1) is 5.49. The first-order valence-corrected chi connectivity index (χ1v) is 3.55. The van der Waals surface area contributed by atoms with Crippen LogP contribution in [0.4, 0.5) is 0 Å². The second-order valence-corrected chi connectivity index (χ2v) is 2.60. The molecule has 2 nitrogen and oxygen atoms in total. The molecule has 12 heavy (non-hydrogen) atoms.